The molecule has 0 unspecified atom stereocenters. The zero-order valence-electron chi connectivity index (χ0n) is 16.4. The van der Waals surface area contributed by atoms with Crippen LogP contribution < -0.4 is 19.1 Å². The van der Waals surface area contributed by atoms with Crippen LogP contribution in [0.5, 0.6) is 11.5 Å². The fraction of sp³-hybridized carbons (Fsp3) is 0.350. The zero-order chi connectivity index (χ0) is 21.2. The van der Waals surface area contributed by atoms with E-state index in [0.717, 1.165) is 16.1 Å². The molecule has 2 atom stereocenters. The first-order valence-electron chi connectivity index (χ1n) is 9.11. The molecule has 1 amide bonds. The Morgan fingerprint density at radius 2 is 1.79 bits per heavy atom. The molecule has 29 heavy (non-hydrogen) atoms. The standard InChI is InChI=1S/C20H23ClN2O5S/c1-13(15-7-8-18-19(11-15)28-10-9-27-18)22-20(24)14(2)23(29(3,25)26)17-6-4-5-16(21)12-17/h4-8,11-14H,9-10H2,1-3H3,(H,22,24)/t13-,14+/m1/s1. The van der Waals surface area contributed by atoms with Gasteiger partial charge in [-0.15, -0.1) is 0 Å². The van der Waals surface area contributed by atoms with E-state index < -0.39 is 22.0 Å². The van der Waals surface area contributed by atoms with E-state index in [4.69, 9.17) is 21.1 Å². The number of anilines is 1. The van der Waals surface area contributed by atoms with Crippen molar-refractivity contribution in [3.8, 4) is 11.5 Å². The molecule has 0 saturated carbocycles. The summed E-state index contributed by atoms with van der Waals surface area (Å²) < 4.78 is 36.9. The van der Waals surface area contributed by atoms with Crippen molar-refractivity contribution in [2.45, 2.75) is 25.9 Å². The number of nitrogens with zero attached hydrogens (tertiary/aromatic N) is 1. The largest absolute Gasteiger partial charge is 0.486 e. The van der Waals surface area contributed by atoms with Crippen LogP contribution in [0.25, 0.3) is 0 Å². The van der Waals surface area contributed by atoms with E-state index in [1.807, 2.05) is 19.1 Å². The number of carbonyl (C=O) groups excluding carboxylic acids is 1. The summed E-state index contributed by atoms with van der Waals surface area (Å²) in [6, 6.07) is 10.5. The lowest BCUT2D eigenvalue weighted by atomic mass is 10.1. The third-order valence-corrected chi connectivity index (χ3v) is 6.05. The van der Waals surface area contributed by atoms with Crippen LogP contribution in [0.3, 0.4) is 0 Å². The Kier molecular flexibility index (Phi) is 6.24. The van der Waals surface area contributed by atoms with Crippen molar-refractivity contribution in [3.63, 3.8) is 0 Å². The Bertz CT molecular complexity index is 1010. The molecule has 2 aromatic carbocycles. The van der Waals surface area contributed by atoms with Crippen LogP contribution in [0.15, 0.2) is 42.5 Å². The van der Waals surface area contributed by atoms with Crippen molar-refractivity contribution < 1.29 is 22.7 Å². The number of hydrogen-bond acceptors (Lipinski definition) is 5. The van der Waals surface area contributed by atoms with Crippen molar-refractivity contribution in [3.05, 3.63) is 53.1 Å². The van der Waals surface area contributed by atoms with Gasteiger partial charge in [0.15, 0.2) is 11.5 Å². The number of fused-ring (bicyclic) bond motifs is 1. The molecule has 0 fully saturated rings. The van der Waals surface area contributed by atoms with Crippen LogP contribution in [-0.4, -0.2) is 39.8 Å². The van der Waals surface area contributed by atoms with Crippen molar-refractivity contribution in [2.24, 2.45) is 0 Å². The van der Waals surface area contributed by atoms with E-state index in [1.165, 1.54) is 13.0 Å². The van der Waals surface area contributed by atoms with Gasteiger partial charge in [0.2, 0.25) is 15.9 Å². The summed E-state index contributed by atoms with van der Waals surface area (Å²) in [5.74, 6) is 0.855. The highest BCUT2D eigenvalue weighted by Crippen LogP contribution is 2.32. The molecule has 0 bridgehead atoms. The molecule has 0 radical (unpaired) electrons. The predicted molar refractivity (Wildman–Crippen MR) is 112 cm³/mol. The molecule has 1 aliphatic rings. The second-order valence-corrected chi connectivity index (χ2v) is 9.14. The van der Waals surface area contributed by atoms with Gasteiger partial charge in [-0.2, -0.15) is 0 Å². The van der Waals surface area contributed by atoms with E-state index >= 15 is 0 Å². The van der Waals surface area contributed by atoms with E-state index in [2.05, 4.69) is 5.32 Å². The molecule has 2 aromatic rings. The Hall–Kier alpha value is -2.45. The van der Waals surface area contributed by atoms with Gasteiger partial charge in [0, 0.05) is 5.02 Å². The highest BCUT2D eigenvalue weighted by atomic mass is 35.5. The molecule has 0 aromatic heterocycles. The number of amides is 1. The Balaban J connectivity index is 1.79. The maximum atomic E-state index is 12.9. The van der Waals surface area contributed by atoms with Crippen LogP contribution in [-0.2, 0) is 14.8 Å². The van der Waals surface area contributed by atoms with Crippen LogP contribution in [0.1, 0.15) is 25.5 Å². The van der Waals surface area contributed by atoms with E-state index in [1.54, 1.807) is 24.3 Å². The molecule has 9 heteroatoms. The highest BCUT2D eigenvalue weighted by Gasteiger charge is 2.30. The van der Waals surface area contributed by atoms with Crippen LogP contribution in [0.2, 0.25) is 5.02 Å². The fourth-order valence-corrected chi connectivity index (χ4v) is 4.52. The smallest absolute Gasteiger partial charge is 0.244 e. The van der Waals surface area contributed by atoms with E-state index in [9.17, 15) is 13.2 Å². The highest BCUT2D eigenvalue weighted by molar-refractivity contribution is 7.92. The van der Waals surface area contributed by atoms with Crippen molar-refractivity contribution >= 4 is 33.2 Å². The van der Waals surface area contributed by atoms with Gasteiger partial charge in [-0.05, 0) is 49.7 Å². The second-order valence-electron chi connectivity index (χ2n) is 6.85. The molecular weight excluding hydrogens is 416 g/mol. The first-order chi connectivity index (χ1) is 13.7. The number of rotatable bonds is 6. The van der Waals surface area contributed by atoms with Gasteiger partial charge in [0.05, 0.1) is 18.0 Å². The van der Waals surface area contributed by atoms with Crippen LogP contribution >= 0.6 is 11.6 Å². The first-order valence-corrected chi connectivity index (χ1v) is 11.3. The second kappa shape index (κ2) is 8.51. The lowest BCUT2D eigenvalue weighted by molar-refractivity contribution is -0.122. The Morgan fingerprint density at radius 1 is 1.10 bits per heavy atom. The summed E-state index contributed by atoms with van der Waals surface area (Å²) in [5, 5.41) is 3.25. The normalized spacial score (nSPS) is 15.3. The maximum Gasteiger partial charge on any atom is 0.244 e. The third-order valence-electron chi connectivity index (χ3n) is 4.58. The van der Waals surface area contributed by atoms with Gasteiger partial charge < -0.3 is 14.8 Å². The minimum Gasteiger partial charge on any atom is -0.486 e. The molecule has 0 aliphatic carbocycles. The SMILES string of the molecule is C[C@@H](NC(=O)[C@H](C)N(c1cccc(Cl)c1)S(C)(=O)=O)c1ccc2c(c1)OCCO2. The number of sulfonamides is 1. The quantitative estimate of drug-likeness (QED) is 0.748. The fourth-order valence-electron chi connectivity index (χ4n) is 3.17. The average molecular weight is 439 g/mol. The maximum absolute atomic E-state index is 12.9. The molecular formula is C20H23ClN2O5S. The molecule has 0 saturated heterocycles. The van der Waals surface area contributed by atoms with Crippen LogP contribution in [0.4, 0.5) is 5.69 Å². The van der Waals surface area contributed by atoms with Crippen molar-refractivity contribution in [1.29, 1.82) is 0 Å². The summed E-state index contributed by atoms with van der Waals surface area (Å²) in [6.45, 7) is 4.33. The third kappa shape index (κ3) is 4.94. The number of benzene rings is 2. The van der Waals surface area contributed by atoms with Gasteiger partial charge in [-0.3, -0.25) is 9.10 Å². The summed E-state index contributed by atoms with van der Waals surface area (Å²) in [6.07, 6.45) is 1.06. The number of hydrogen-bond donors (Lipinski definition) is 1. The number of nitrogens with one attached hydrogen (secondary N) is 1. The summed E-state index contributed by atoms with van der Waals surface area (Å²) in [7, 11) is -3.71. The van der Waals surface area contributed by atoms with E-state index in [0.29, 0.717) is 35.4 Å². The molecule has 1 N–H and O–H groups in total. The number of halogens is 1. The minimum atomic E-state index is -3.71. The van der Waals surface area contributed by atoms with Crippen molar-refractivity contribution in [2.75, 3.05) is 23.8 Å². The van der Waals surface area contributed by atoms with Gasteiger partial charge in [-0.25, -0.2) is 8.42 Å². The molecule has 1 aliphatic heterocycles. The zero-order valence-corrected chi connectivity index (χ0v) is 18.0. The lowest BCUT2D eigenvalue weighted by Crippen LogP contribution is -2.48. The van der Waals surface area contributed by atoms with Gasteiger partial charge in [0.1, 0.15) is 19.3 Å². The lowest BCUT2D eigenvalue weighted by Gasteiger charge is -2.29. The summed E-state index contributed by atoms with van der Waals surface area (Å²) in [4.78, 5) is 12.9. The molecule has 156 valence electrons. The van der Waals surface area contributed by atoms with Gasteiger partial charge in [0.25, 0.3) is 0 Å². The first kappa shape index (κ1) is 21.3. The predicted octanol–water partition coefficient (Wildman–Crippen LogP) is 3.14. The Labute approximate surface area is 175 Å². The minimum absolute atomic E-state index is 0.328. The number of carbonyl (C=O) groups is 1. The monoisotopic (exact) mass is 438 g/mol. The topological polar surface area (TPSA) is 84.9 Å². The van der Waals surface area contributed by atoms with Crippen LogP contribution in [0, 0.1) is 0 Å². The molecule has 7 nitrogen and oxygen atoms in total. The van der Waals surface area contributed by atoms with Gasteiger partial charge in [-0.1, -0.05) is 23.7 Å². The van der Waals surface area contributed by atoms with Crippen molar-refractivity contribution in [1.82, 2.24) is 5.32 Å². The number of ether oxygens (including phenoxy) is 2. The molecule has 3 rings (SSSR count). The summed E-state index contributed by atoms with van der Waals surface area (Å²) in [5.41, 5.74) is 1.15. The van der Waals surface area contributed by atoms with Gasteiger partial charge >= 0.3 is 0 Å². The van der Waals surface area contributed by atoms with E-state index in [-0.39, 0.29) is 6.04 Å². The Morgan fingerprint density at radius 3 is 2.45 bits per heavy atom. The summed E-state index contributed by atoms with van der Waals surface area (Å²) >= 11 is 6.00. The average Bonchev–Trinajstić information content (AvgIpc) is 2.66. The molecule has 0 spiro atoms. The molecule has 1 heterocycles.